The lowest BCUT2D eigenvalue weighted by Crippen LogP contribution is -2.39. The number of nitrogens with zero attached hydrogens (tertiary/aromatic N) is 2. The second-order valence-electron chi connectivity index (χ2n) is 4.63. The van der Waals surface area contributed by atoms with Gasteiger partial charge in [-0.25, -0.2) is 0 Å². The number of halogens is 1. The molecule has 94 valence electrons. The minimum Gasteiger partial charge on any atom is -0.337 e. The van der Waals surface area contributed by atoms with Crippen LogP contribution in [0.25, 0.3) is 0 Å². The number of carbonyl (C=O) groups is 1. The molecule has 0 bridgehead atoms. The number of benzene rings is 1. The molecule has 2 rings (SSSR count). The average Bonchev–Trinajstić information content (AvgIpc) is 2.41. The molecule has 3 nitrogen and oxygen atoms in total. The topological polar surface area (TPSA) is 44.1 Å². The Morgan fingerprint density at radius 1 is 1.56 bits per heavy atom. The number of likely N-dealkylation sites (tertiary alicyclic amines) is 1. The summed E-state index contributed by atoms with van der Waals surface area (Å²) in [6.07, 6.45) is 1.81. The van der Waals surface area contributed by atoms with Crippen LogP contribution in [0.1, 0.15) is 28.8 Å². The maximum atomic E-state index is 12.4. The lowest BCUT2D eigenvalue weighted by Gasteiger charge is -2.30. The normalized spacial score (nSPS) is 19.4. The number of carbonyl (C=O) groups excluding carboxylic acids is 1. The van der Waals surface area contributed by atoms with Gasteiger partial charge in [0.15, 0.2) is 0 Å². The van der Waals surface area contributed by atoms with E-state index in [1.165, 1.54) is 0 Å². The van der Waals surface area contributed by atoms with Gasteiger partial charge in [-0.05, 0) is 37.5 Å². The molecule has 1 unspecified atom stereocenters. The second-order valence-corrected chi connectivity index (χ2v) is 5.49. The molecule has 1 atom stereocenters. The molecular formula is C14H15BrN2O. The summed E-state index contributed by atoms with van der Waals surface area (Å²) in [7, 11) is 0. The lowest BCUT2D eigenvalue weighted by atomic mass is 9.98. The third-order valence-corrected chi connectivity index (χ3v) is 4.25. The molecule has 0 radical (unpaired) electrons. The zero-order valence-electron chi connectivity index (χ0n) is 10.3. The van der Waals surface area contributed by atoms with Crippen molar-refractivity contribution < 1.29 is 4.79 Å². The maximum absolute atomic E-state index is 12.4. The van der Waals surface area contributed by atoms with Gasteiger partial charge in [0.25, 0.3) is 5.91 Å². The van der Waals surface area contributed by atoms with Gasteiger partial charge in [0.2, 0.25) is 0 Å². The van der Waals surface area contributed by atoms with Crippen molar-refractivity contribution in [3.63, 3.8) is 0 Å². The quantitative estimate of drug-likeness (QED) is 0.800. The molecule has 0 saturated carbocycles. The fourth-order valence-electron chi connectivity index (χ4n) is 2.28. The van der Waals surface area contributed by atoms with Gasteiger partial charge >= 0.3 is 0 Å². The Morgan fingerprint density at radius 2 is 2.33 bits per heavy atom. The van der Waals surface area contributed by atoms with Gasteiger partial charge in [-0.2, -0.15) is 5.26 Å². The van der Waals surface area contributed by atoms with Crippen molar-refractivity contribution >= 4 is 21.8 Å². The summed E-state index contributed by atoms with van der Waals surface area (Å²) in [5, 5.41) is 8.96. The number of amides is 1. The van der Waals surface area contributed by atoms with Crippen molar-refractivity contribution in [2.75, 3.05) is 13.1 Å². The third-order valence-electron chi connectivity index (χ3n) is 3.39. The molecule has 1 aromatic carbocycles. The minimum absolute atomic E-state index is 0.0184. The zero-order chi connectivity index (χ0) is 13.1. The molecule has 0 N–H and O–H groups in total. The Balaban J connectivity index is 2.21. The molecule has 1 aliphatic heterocycles. The van der Waals surface area contributed by atoms with Crippen molar-refractivity contribution in [1.29, 1.82) is 5.26 Å². The predicted molar refractivity (Wildman–Crippen MR) is 73.1 cm³/mol. The van der Waals surface area contributed by atoms with Crippen LogP contribution >= 0.6 is 15.9 Å². The van der Waals surface area contributed by atoms with Crippen LogP contribution in [0.15, 0.2) is 22.7 Å². The van der Waals surface area contributed by atoms with Gasteiger partial charge in [0.05, 0.1) is 12.0 Å². The Labute approximate surface area is 116 Å². The molecule has 1 heterocycles. The van der Waals surface area contributed by atoms with Crippen LogP contribution in [-0.2, 0) is 0 Å². The maximum Gasteiger partial charge on any atom is 0.254 e. The highest BCUT2D eigenvalue weighted by Gasteiger charge is 2.25. The van der Waals surface area contributed by atoms with Gasteiger partial charge < -0.3 is 4.90 Å². The third kappa shape index (κ3) is 2.56. The average molecular weight is 307 g/mol. The molecule has 1 aromatic rings. The molecule has 1 amide bonds. The lowest BCUT2D eigenvalue weighted by molar-refractivity contribution is 0.0698. The summed E-state index contributed by atoms with van der Waals surface area (Å²) in [5.41, 5.74) is 1.68. The van der Waals surface area contributed by atoms with Gasteiger partial charge in [-0.3, -0.25) is 4.79 Å². The molecule has 1 fully saturated rings. The minimum atomic E-state index is -0.0184. The Kier molecular flexibility index (Phi) is 4.03. The number of hydrogen-bond donors (Lipinski definition) is 0. The van der Waals surface area contributed by atoms with E-state index in [9.17, 15) is 4.79 Å². The first kappa shape index (κ1) is 13.1. The fourth-order valence-corrected chi connectivity index (χ4v) is 2.64. The van der Waals surface area contributed by atoms with Crippen molar-refractivity contribution in [3.8, 4) is 6.07 Å². The van der Waals surface area contributed by atoms with Crippen LogP contribution in [0.4, 0.5) is 0 Å². The largest absolute Gasteiger partial charge is 0.337 e. The first-order valence-electron chi connectivity index (χ1n) is 6.07. The van der Waals surface area contributed by atoms with E-state index in [2.05, 4.69) is 22.0 Å². The van der Waals surface area contributed by atoms with Crippen molar-refractivity contribution in [3.05, 3.63) is 33.8 Å². The number of rotatable bonds is 1. The summed E-state index contributed by atoms with van der Waals surface area (Å²) in [6.45, 7) is 3.24. The van der Waals surface area contributed by atoms with Crippen molar-refractivity contribution in [2.45, 2.75) is 19.8 Å². The summed E-state index contributed by atoms with van der Waals surface area (Å²) in [6, 6.07) is 7.91. The molecule has 18 heavy (non-hydrogen) atoms. The number of nitriles is 1. The Morgan fingerprint density at radius 3 is 3.06 bits per heavy atom. The zero-order valence-corrected chi connectivity index (χ0v) is 11.9. The predicted octanol–water partition coefficient (Wildman–Crippen LogP) is 3.13. The molecule has 0 aromatic heterocycles. The van der Waals surface area contributed by atoms with E-state index in [0.717, 1.165) is 35.0 Å². The Bertz CT molecular complexity index is 507. The SMILES string of the molecule is Cc1c(Br)cccc1C(=O)N1CCCC(C#N)C1. The molecule has 1 aliphatic rings. The van der Waals surface area contributed by atoms with E-state index in [1.54, 1.807) is 4.90 Å². The summed E-state index contributed by atoms with van der Waals surface area (Å²) < 4.78 is 0.946. The van der Waals surface area contributed by atoms with Gasteiger partial charge in [0, 0.05) is 23.1 Å². The summed E-state index contributed by atoms with van der Waals surface area (Å²) in [4.78, 5) is 14.2. The van der Waals surface area contributed by atoms with E-state index in [0.29, 0.717) is 6.54 Å². The molecular weight excluding hydrogens is 292 g/mol. The monoisotopic (exact) mass is 306 g/mol. The molecule has 4 heteroatoms. The van der Waals surface area contributed by atoms with Gasteiger partial charge in [0.1, 0.15) is 0 Å². The van der Waals surface area contributed by atoms with Gasteiger partial charge in [-0.1, -0.05) is 22.0 Å². The first-order chi connectivity index (χ1) is 8.63. The fraction of sp³-hybridized carbons (Fsp3) is 0.429. The van der Waals surface area contributed by atoms with E-state index in [1.807, 2.05) is 25.1 Å². The van der Waals surface area contributed by atoms with E-state index in [4.69, 9.17) is 5.26 Å². The highest BCUT2D eigenvalue weighted by Crippen LogP contribution is 2.23. The van der Waals surface area contributed by atoms with Crippen LogP contribution in [0.5, 0.6) is 0 Å². The Hall–Kier alpha value is -1.34. The molecule has 0 spiro atoms. The van der Waals surface area contributed by atoms with Crippen LogP contribution in [-0.4, -0.2) is 23.9 Å². The van der Waals surface area contributed by atoms with Crippen molar-refractivity contribution in [2.24, 2.45) is 5.92 Å². The molecule has 0 aliphatic carbocycles. The van der Waals surface area contributed by atoms with E-state index in [-0.39, 0.29) is 11.8 Å². The van der Waals surface area contributed by atoms with Gasteiger partial charge in [-0.15, -0.1) is 0 Å². The van der Waals surface area contributed by atoms with E-state index < -0.39 is 0 Å². The number of piperidine rings is 1. The van der Waals surface area contributed by atoms with Crippen LogP contribution in [0.3, 0.4) is 0 Å². The van der Waals surface area contributed by atoms with Crippen LogP contribution < -0.4 is 0 Å². The summed E-state index contributed by atoms with van der Waals surface area (Å²) in [5.74, 6) is 0.0175. The smallest absolute Gasteiger partial charge is 0.254 e. The highest BCUT2D eigenvalue weighted by atomic mass is 79.9. The van der Waals surface area contributed by atoms with Crippen LogP contribution in [0, 0.1) is 24.2 Å². The standard InChI is InChI=1S/C14H15BrN2O/c1-10-12(5-2-6-13(10)15)14(18)17-7-3-4-11(8-16)9-17/h2,5-6,11H,3-4,7,9H2,1H3. The first-order valence-corrected chi connectivity index (χ1v) is 6.86. The van der Waals surface area contributed by atoms with E-state index >= 15 is 0 Å². The second kappa shape index (κ2) is 5.53. The van der Waals surface area contributed by atoms with Crippen molar-refractivity contribution in [1.82, 2.24) is 4.90 Å². The molecule has 1 saturated heterocycles. The highest BCUT2D eigenvalue weighted by molar-refractivity contribution is 9.10. The van der Waals surface area contributed by atoms with Crippen LogP contribution in [0.2, 0.25) is 0 Å². The summed E-state index contributed by atoms with van der Waals surface area (Å²) >= 11 is 3.44. The number of hydrogen-bond acceptors (Lipinski definition) is 2.